The van der Waals surface area contributed by atoms with Crippen LogP contribution in [0.15, 0.2) is 47.0 Å². The van der Waals surface area contributed by atoms with Gasteiger partial charge in [0.15, 0.2) is 0 Å². The van der Waals surface area contributed by atoms with E-state index in [0.29, 0.717) is 40.8 Å². The zero-order valence-electron chi connectivity index (χ0n) is 16.8. The first kappa shape index (κ1) is 19.4. The Labute approximate surface area is 173 Å². The van der Waals surface area contributed by atoms with E-state index in [1.54, 1.807) is 18.2 Å². The minimum atomic E-state index is -0.362. The van der Waals surface area contributed by atoms with Crippen molar-refractivity contribution in [3.8, 4) is 34.7 Å². The highest BCUT2D eigenvalue weighted by Crippen LogP contribution is 2.35. The van der Waals surface area contributed by atoms with Crippen molar-refractivity contribution in [3.05, 3.63) is 59.2 Å². The molecule has 4 rings (SSSR count). The summed E-state index contributed by atoms with van der Waals surface area (Å²) in [5.41, 5.74) is 3.65. The van der Waals surface area contributed by atoms with E-state index in [-0.39, 0.29) is 12.1 Å². The molecule has 0 fully saturated rings. The number of ether oxygens (including phenoxy) is 2. The molecule has 0 atom stereocenters. The minimum absolute atomic E-state index is 0.0383. The van der Waals surface area contributed by atoms with Crippen molar-refractivity contribution in [1.82, 2.24) is 10.1 Å². The normalized spacial score (nSPS) is 12.3. The average Bonchev–Trinajstić information content (AvgIpc) is 3.35. The highest BCUT2D eigenvalue weighted by atomic mass is 16.5. The summed E-state index contributed by atoms with van der Waals surface area (Å²) in [4.78, 5) is 15.8. The Hall–Kier alpha value is -3.92. The summed E-state index contributed by atoms with van der Waals surface area (Å²) in [6.45, 7) is 5.18. The molecule has 7 nitrogen and oxygen atoms in total. The molecule has 0 N–H and O–H groups in total. The molecular weight excluding hydrogens is 382 g/mol. The topological polar surface area (TPSA) is 98.2 Å². The number of nitrogens with zero attached hydrogens (tertiary/aromatic N) is 3. The molecule has 2 aromatic carbocycles. The smallest absolute Gasteiger partial charge is 0.308 e. The molecule has 0 saturated carbocycles. The molecule has 0 bridgehead atoms. The van der Waals surface area contributed by atoms with Gasteiger partial charge in [-0.3, -0.25) is 4.79 Å². The molecule has 3 aromatic rings. The zero-order chi connectivity index (χ0) is 21.3. The van der Waals surface area contributed by atoms with Crippen LogP contribution in [-0.2, 0) is 16.0 Å². The molecule has 0 spiro atoms. The maximum absolute atomic E-state index is 11.3. The van der Waals surface area contributed by atoms with E-state index in [4.69, 9.17) is 14.0 Å². The van der Waals surface area contributed by atoms with Crippen LogP contribution in [0, 0.1) is 11.3 Å². The van der Waals surface area contributed by atoms with Gasteiger partial charge in [0.2, 0.25) is 5.82 Å². The van der Waals surface area contributed by atoms with Crippen LogP contribution in [0.1, 0.15) is 37.5 Å². The summed E-state index contributed by atoms with van der Waals surface area (Å²) in [6.07, 6.45) is 2.43. The van der Waals surface area contributed by atoms with Crippen molar-refractivity contribution in [2.75, 3.05) is 0 Å². The summed E-state index contributed by atoms with van der Waals surface area (Å²) < 4.78 is 16.4. The predicted molar refractivity (Wildman–Crippen MR) is 109 cm³/mol. The number of hydrogen-bond donors (Lipinski definition) is 0. The van der Waals surface area contributed by atoms with Gasteiger partial charge in [-0.25, -0.2) is 0 Å². The SMILES string of the molecule is CC(=O)OC1=CCc2c1cccc2-c1noc(-c2ccc(OC(C)C)c(C#N)c2)n1. The second-order valence-corrected chi connectivity index (χ2v) is 7.11. The van der Waals surface area contributed by atoms with Gasteiger partial charge >= 0.3 is 5.97 Å². The van der Waals surface area contributed by atoms with Gasteiger partial charge < -0.3 is 14.0 Å². The van der Waals surface area contributed by atoms with Crippen molar-refractivity contribution in [3.63, 3.8) is 0 Å². The number of aromatic nitrogens is 2. The highest BCUT2D eigenvalue weighted by Gasteiger charge is 2.23. The van der Waals surface area contributed by atoms with E-state index in [2.05, 4.69) is 16.2 Å². The summed E-state index contributed by atoms with van der Waals surface area (Å²) in [7, 11) is 0. The van der Waals surface area contributed by atoms with Crippen LogP contribution >= 0.6 is 0 Å². The second kappa shape index (κ2) is 7.84. The number of benzene rings is 2. The molecule has 1 aromatic heterocycles. The number of hydrogen-bond acceptors (Lipinski definition) is 7. The summed E-state index contributed by atoms with van der Waals surface area (Å²) in [5, 5.41) is 13.6. The first-order valence-corrected chi connectivity index (χ1v) is 9.52. The standard InChI is InChI=1S/C23H19N3O4/c1-13(2)28-20-9-7-15(11-16(20)12-24)23-25-22(26-30-23)19-6-4-5-18-17(19)8-10-21(18)29-14(3)27/h4-7,9-11,13H,8H2,1-3H3. The molecule has 7 heteroatoms. The number of rotatable bonds is 5. The maximum Gasteiger partial charge on any atom is 0.308 e. The van der Waals surface area contributed by atoms with Gasteiger partial charge in [0.05, 0.1) is 11.7 Å². The predicted octanol–water partition coefficient (Wildman–Crippen LogP) is 4.52. The zero-order valence-corrected chi connectivity index (χ0v) is 16.8. The Morgan fingerprint density at radius 2 is 2.03 bits per heavy atom. The van der Waals surface area contributed by atoms with Gasteiger partial charge in [0.25, 0.3) is 5.89 Å². The number of esters is 1. The van der Waals surface area contributed by atoms with Gasteiger partial charge in [-0.05, 0) is 50.1 Å². The Balaban J connectivity index is 1.66. The van der Waals surface area contributed by atoms with E-state index in [1.807, 2.05) is 38.1 Å². The van der Waals surface area contributed by atoms with Crippen LogP contribution in [0.3, 0.4) is 0 Å². The molecule has 0 amide bonds. The Morgan fingerprint density at radius 3 is 2.77 bits per heavy atom. The number of carbonyl (C=O) groups excluding carboxylic acids is 1. The number of allylic oxidation sites excluding steroid dienone is 1. The van der Waals surface area contributed by atoms with Crippen LogP contribution in [0.25, 0.3) is 28.6 Å². The van der Waals surface area contributed by atoms with E-state index >= 15 is 0 Å². The summed E-state index contributed by atoms with van der Waals surface area (Å²) in [6, 6.07) is 13.0. The van der Waals surface area contributed by atoms with Crippen molar-refractivity contribution < 1.29 is 18.8 Å². The van der Waals surface area contributed by atoms with E-state index < -0.39 is 0 Å². The first-order chi connectivity index (χ1) is 14.5. The molecule has 30 heavy (non-hydrogen) atoms. The van der Waals surface area contributed by atoms with Crippen LogP contribution < -0.4 is 4.74 Å². The molecular formula is C23H19N3O4. The van der Waals surface area contributed by atoms with Crippen LogP contribution in [0.4, 0.5) is 0 Å². The molecule has 0 radical (unpaired) electrons. The minimum Gasteiger partial charge on any atom is -0.490 e. The monoisotopic (exact) mass is 401 g/mol. The van der Waals surface area contributed by atoms with Crippen LogP contribution in [0.2, 0.25) is 0 Å². The van der Waals surface area contributed by atoms with E-state index in [9.17, 15) is 10.1 Å². The molecule has 0 aliphatic heterocycles. The fourth-order valence-electron chi connectivity index (χ4n) is 3.36. The lowest BCUT2D eigenvalue weighted by atomic mass is 10.0. The van der Waals surface area contributed by atoms with Crippen molar-refractivity contribution in [2.45, 2.75) is 33.3 Å². The van der Waals surface area contributed by atoms with Gasteiger partial charge in [0, 0.05) is 23.6 Å². The largest absolute Gasteiger partial charge is 0.490 e. The third-order valence-corrected chi connectivity index (χ3v) is 4.56. The summed E-state index contributed by atoms with van der Waals surface area (Å²) in [5.74, 6) is 1.43. The van der Waals surface area contributed by atoms with Gasteiger partial charge in [0.1, 0.15) is 17.6 Å². The van der Waals surface area contributed by atoms with Gasteiger partial charge in [-0.2, -0.15) is 10.2 Å². The lowest BCUT2D eigenvalue weighted by Gasteiger charge is -2.11. The average molecular weight is 401 g/mol. The number of fused-ring (bicyclic) bond motifs is 1. The van der Waals surface area contributed by atoms with Crippen LogP contribution in [0.5, 0.6) is 5.75 Å². The third kappa shape index (κ3) is 3.67. The lowest BCUT2D eigenvalue weighted by molar-refractivity contribution is -0.134. The van der Waals surface area contributed by atoms with Crippen LogP contribution in [-0.4, -0.2) is 22.2 Å². The molecule has 150 valence electrons. The highest BCUT2D eigenvalue weighted by molar-refractivity contribution is 5.82. The maximum atomic E-state index is 11.3. The first-order valence-electron chi connectivity index (χ1n) is 9.52. The summed E-state index contributed by atoms with van der Waals surface area (Å²) >= 11 is 0. The Bertz CT molecular complexity index is 1200. The second-order valence-electron chi connectivity index (χ2n) is 7.11. The van der Waals surface area contributed by atoms with E-state index in [1.165, 1.54) is 6.92 Å². The fourth-order valence-corrected chi connectivity index (χ4v) is 3.36. The number of nitriles is 1. The van der Waals surface area contributed by atoms with Crippen molar-refractivity contribution >= 4 is 11.7 Å². The fraction of sp³-hybridized carbons (Fsp3) is 0.217. The number of carbonyl (C=O) groups is 1. The van der Waals surface area contributed by atoms with Crippen molar-refractivity contribution in [2.24, 2.45) is 0 Å². The molecule has 1 aliphatic carbocycles. The Morgan fingerprint density at radius 1 is 1.23 bits per heavy atom. The molecule has 1 heterocycles. The molecule has 0 saturated heterocycles. The molecule has 1 aliphatic rings. The Kier molecular flexibility index (Phi) is 5.07. The van der Waals surface area contributed by atoms with Gasteiger partial charge in [-0.15, -0.1) is 0 Å². The third-order valence-electron chi connectivity index (χ3n) is 4.56. The van der Waals surface area contributed by atoms with Gasteiger partial charge in [-0.1, -0.05) is 23.4 Å². The van der Waals surface area contributed by atoms with E-state index in [0.717, 1.165) is 16.7 Å². The van der Waals surface area contributed by atoms with Crippen molar-refractivity contribution in [1.29, 1.82) is 5.26 Å². The molecule has 0 unspecified atom stereocenters. The quantitative estimate of drug-likeness (QED) is 0.580. The lowest BCUT2D eigenvalue weighted by Crippen LogP contribution is -2.06.